The molecule has 4 rings (SSSR count). The van der Waals surface area contributed by atoms with Gasteiger partial charge in [-0.05, 0) is 41.3 Å². The molecule has 1 fully saturated rings. The van der Waals surface area contributed by atoms with E-state index in [1.807, 2.05) is 24.4 Å². The highest BCUT2D eigenvalue weighted by atomic mass is 16.4. The lowest BCUT2D eigenvalue weighted by Gasteiger charge is -2.21. The Morgan fingerprint density at radius 2 is 1.96 bits per heavy atom. The maximum Gasteiger partial charge on any atom is 0.335 e. The lowest BCUT2D eigenvalue weighted by molar-refractivity contribution is 0.0697. The van der Waals surface area contributed by atoms with Gasteiger partial charge in [0.25, 0.3) is 0 Å². The summed E-state index contributed by atoms with van der Waals surface area (Å²) in [5, 5.41) is 15.8. The number of rotatable bonds is 3. The summed E-state index contributed by atoms with van der Waals surface area (Å²) in [6, 6.07) is 11.8. The van der Waals surface area contributed by atoms with Crippen molar-refractivity contribution in [3.8, 4) is 11.1 Å². The molecule has 4 nitrogen and oxygen atoms in total. The Morgan fingerprint density at radius 3 is 2.75 bits per heavy atom. The molecular formula is C20H20N2O2. The molecule has 0 unspecified atom stereocenters. The van der Waals surface area contributed by atoms with Crippen LogP contribution in [0.2, 0.25) is 0 Å². The Balaban J connectivity index is 1.73. The van der Waals surface area contributed by atoms with Crippen LogP contribution in [0.4, 0.5) is 0 Å². The van der Waals surface area contributed by atoms with E-state index in [1.165, 1.54) is 32.1 Å². The maximum absolute atomic E-state index is 11.2. The molecule has 1 N–H and O–H groups in total. The lowest BCUT2D eigenvalue weighted by atomic mass is 9.95. The summed E-state index contributed by atoms with van der Waals surface area (Å²) in [5.74, 6) is -0.896. The van der Waals surface area contributed by atoms with E-state index in [2.05, 4.69) is 22.0 Å². The quantitative estimate of drug-likeness (QED) is 0.746. The molecule has 2 aromatic carbocycles. The van der Waals surface area contributed by atoms with Crippen molar-refractivity contribution >= 4 is 16.7 Å². The van der Waals surface area contributed by atoms with Crippen LogP contribution < -0.4 is 0 Å². The van der Waals surface area contributed by atoms with Crippen LogP contribution in [-0.4, -0.2) is 20.9 Å². The van der Waals surface area contributed by atoms with Crippen LogP contribution in [0.3, 0.4) is 0 Å². The molecule has 1 saturated carbocycles. The van der Waals surface area contributed by atoms with Gasteiger partial charge in [-0.3, -0.25) is 4.68 Å². The van der Waals surface area contributed by atoms with Crippen LogP contribution in [-0.2, 0) is 0 Å². The Labute approximate surface area is 140 Å². The number of aromatic nitrogens is 2. The summed E-state index contributed by atoms with van der Waals surface area (Å²) < 4.78 is 2.11. The largest absolute Gasteiger partial charge is 0.478 e. The zero-order chi connectivity index (χ0) is 16.5. The van der Waals surface area contributed by atoms with E-state index >= 15 is 0 Å². The molecule has 0 saturated heterocycles. The standard InChI is InChI=1S/C20H20N2O2/c23-20(24)15-9-10-19-14(11-15)5-4-8-18(19)16-12-21-22(13-16)17-6-2-1-3-7-17/h4-5,8-13,17H,1-3,6-7H2,(H,23,24). The van der Waals surface area contributed by atoms with Crippen molar-refractivity contribution in [3.05, 3.63) is 54.4 Å². The molecule has 0 spiro atoms. The third kappa shape index (κ3) is 2.68. The Kier molecular flexibility index (Phi) is 3.81. The van der Waals surface area contributed by atoms with E-state index in [-0.39, 0.29) is 0 Å². The van der Waals surface area contributed by atoms with Crippen molar-refractivity contribution in [3.63, 3.8) is 0 Å². The van der Waals surface area contributed by atoms with Gasteiger partial charge >= 0.3 is 5.97 Å². The summed E-state index contributed by atoms with van der Waals surface area (Å²) in [6.07, 6.45) is 10.4. The molecule has 1 aliphatic rings. The minimum atomic E-state index is -0.896. The van der Waals surface area contributed by atoms with E-state index in [4.69, 9.17) is 5.11 Å². The number of nitrogens with zero attached hydrogens (tertiary/aromatic N) is 2. The van der Waals surface area contributed by atoms with Crippen molar-refractivity contribution < 1.29 is 9.90 Å². The summed E-state index contributed by atoms with van der Waals surface area (Å²) in [5.41, 5.74) is 2.51. The zero-order valence-corrected chi connectivity index (χ0v) is 13.5. The number of benzene rings is 2. The highest BCUT2D eigenvalue weighted by Crippen LogP contribution is 2.32. The second kappa shape index (κ2) is 6.11. The van der Waals surface area contributed by atoms with Gasteiger partial charge in [0.05, 0.1) is 17.8 Å². The highest BCUT2D eigenvalue weighted by Gasteiger charge is 2.17. The minimum Gasteiger partial charge on any atom is -0.478 e. The Morgan fingerprint density at radius 1 is 1.12 bits per heavy atom. The highest BCUT2D eigenvalue weighted by molar-refractivity contribution is 6.00. The van der Waals surface area contributed by atoms with Gasteiger partial charge in [0.1, 0.15) is 0 Å². The first-order valence-electron chi connectivity index (χ1n) is 8.53. The van der Waals surface area contributed by atoms with Gasteiger partial charge in [-0.15, -0.1) is 0 Å². The van der Waals surface area contributed by atoms with Gasteiger partial charge in [-0.2, -0.15) is 5.10 Å². The fraction of sp³-hybridized carbons (Fsp3) is 0.300. The minimum absolute atomic E-state index is 0.317. The van der Waals surface area contributed by atoms with Gasteiger partial charge in [0.2, 0.25) is 0 Å². The number of carboxylic acids is 1. The van der Waals surface area contributed by atoms with Crippen molar-refractivity contribution in [2.24, 2.45) is 0 Å². The van der Waals surface area contributed by atoms with Gasteiger partial charge < -0.3 is 5.11 Å². The molecule has 0 bridgehead atoms. The fourth-order valence-electron chi connectivity index (χ4n) is 3.69. The monoisotopic (exact) mass is 320 g/mol. The van der Waals surface area contributed by atoms with E-state index in [9.17, 15) is 4.79 Å². The van der Waals surface area contributed by atoms with Crippen LogP contribution in [0.25, 0.3) is 21.9 Å². The SMILES string of the molecule is O=C(O)c1ccc2c(-c3cnn(C4CCCCC4)c3)cccc2c1. The smallest absolute Gasteiger partial charge is 0.335 e. The molecule has 1 aromatic heterocycles. The second-order valence-corrected chi connectivity index (χ2v) is 6.55. The van der Waals surface area contributed by atoms with Gasteiger partial charge in [-0.1, -0.05) is 43.5 Å². The van der Waals surface area contributed by atoms with E-state index in [0.29, 0.717) is 11.6 Å². The third-order valence-electron chi connectivity index (χ3n) is 4.99. The molecule has 4 heteroatoms. The third-order valence-corrected chi connectivity index (χ3v) is 4.99. The first-order chi connectivity index (χ1) is 11.7. The van der Waals surface area contributed by atoms with Gasteiger partial charge in [0.15, 0.2) is 0 Å². The van der Waals surface area contributed by atoms with Crippen molar-refractivity contribution in [1.82, 2.24) is 9.78 Å². The summed E-state index contributed by atoms with van der Waals surface area (Å²) in [7, 11) is 0. The van der Waals surface area contributed by atoms with E-state index < -0.39 is 5.97 Å². The first-order valence-corrected chi connectivity index (χ1v) is 8.53. The normalized spacial score (nSPS) is 15.7. The van der Waals surface area contributed by atoms with E-state index in [1.54, 1.807) is 12.1 Å². The van der Waals surface area contributed by atoms with Crippen molar-refractivity contribution in [1.29, 1.82) is 0 Å². The molecule has 122 valence electrons. The number of fused-ring (bicyclic) bond motifs is 1. The molecule has 0 amide bonds. The molecule has 3 aromatic rings. The van der Waals surface area contributed by atoms with Crippen LogP contribution in [0.15, 0.2) is 48.8 Å². The van der Waals surface area contributed by atoms with Crippen molar-refractivity contribution in [2.75, 3.05) is 0 Å². The predicted molar refractivity (Wildman–Crippen MR) is 94.3 cm³/mol. The number of hydrogen-bond donors (Lipinski definition) is 1. The van der Waals surface area contributed by atoms with Crippen LogP contribution in [0, 0.1) is 0 Å². The second-order valence-electron chi connectivity index (χ2n) is 6.55. The van der Waals surface area contributed by atoms with E-state index in [0.717, 1.165) is 21.9 Å². The van der Waals surface area contributed by atoms with Gasteiger partial charge in [0, 0.05) is 11.8 Å². The molecule has 1 heterocycles. The number of hydrogen-bond acceptors (Lipinski definition) is 2. The number of carbonyl (C=O) groups is 1. The topological polar surface area (TPSA) is 55.1 Å². The predicted octanol–water partition coefficient (Wildman–Crippen LogP) is 4.91. The Hall–Kier alpha value is -2.62. The molecule has 1 aliphatic carbocycles. The number of aromatic carboxylic acids is 1. The average Bonchev–Trinajstić information content (AvgIpc) is 3.11. The van der Waals surface area contributed by atoms with Crippen LogP contribution in [0.5, 0.6) is 0 Å². The summed E-state index contributed by atoms with van der Waals surface area (Å²) in [4.78, 5) is 11.2. The van der Waals surface area contributed by atoms with Crippen molar-refractivity contribution in [2.45, 2.75) is 38.1 Å². The molecule has 24 heavy (non-hydrogen) atoms. The lowest BCUT2D eigenvalue weighted by Crippen LogP contribution is -2.12. The fourth-order valence-corrected chi connectivity index (χ4v) is 3.69. The Bertz CT molecular complexity index is 892. The number of carboxylic acid groups (broad SMARTS) is 1. The summed E-state index contributed by atoms with van der Waals surface area (Å²) in [6.45, 7) is 0. The zero-order valence-electron chi connectivity index (χ0n) is 13.5. The molecular weight excluding hydrogens is 300 g/mol. The average molecular weight is 320 g/mol. The first kappa shape index (κ1) is 14.9. The molecule has 0 radical (unpaired) electrons. The van der Waals surface area contributed by atoms with Crippen LogP contribution in [0.1, 0.15) is 48.5 Å². The molecule has 0 aliphatic heterocycles. The van der Waals surface area contributed by atoms with Gasteiger partial charge in [-0.25, -0.2) is 4.79 Å². The van der Waals surface area contributed by atoms with Crippen LogP contribution >= 0.6 is 0 Å². The molecule has 0 atom stereocenters. The maximum atomic E-state index is 11.2. The summed E-state index contributed by atoms with van der Waals surface area (Å²) >= 11 is 0.